The zero-order chi connectivity index (χ0) is 21.1. The van der Waals surface area contributed by atoms with E-state index >= 15 is 0 Å². The second-order valence-corrected chi connectivity index (χ2v) is 8.25. The highest BCUT2D eigenvalue weighted by Crippen LogP contribution is 2.35. The number of rotatable bonds is 5. The van der Waals surface area contributed by atoms with Gasteiger partial charge in [-0.25, -0.2) is 9.18 Å². The van der Waals surface area contributed by atoms with E-state index in [1.165, 1.54) is 29.5 Å². The van der Waals surface area contributed by atoms with E-state index in [0.717, 1.165) is 31.2 Å². The standard InChI is InChI=1S/C26H28FNO2/c1-17(22-12-6-8-18-7-3-4-11-23(18)22)28-21-10-5-9-19(15-21)20-13-14-24(25(27)16-20)26(29)30-2/h3-4,6-8,11-14,16-17,19,21,28H,5,9-10,15H2,1-2H3/t17-,19?,21?/m1/s1. The van der Waals surface area contributed by atoms with Gasteiger partial charge in [0.1, 0.15) is 5.82 Å². The molecule has 1 N–H and O–H groups in total. The van der Waals surface area contributed by atoms with Crippen molar-refractivity contribution in [2.24, 2.45) is 0 Å². The Labute approximate surface area is 177 Å². The Morgan fingerprint density at radius 1 is 1.10 bits per heavy atom. The fourth-order valence-electron chi connectivity index (χ4n) is 4.78. The fourth-order valence-corrected chi connectivity index (χ4v) is 4.78. The Morgan fingerprint density at radius 3 is 2.70 bits per heavy atom. The lowest BCUT2D eigenvalue weighted by atomic mass is 9.80. The maximum absolute atomic E-state index is 14.4. The minimum absolute atomic E-state index is 0.00341. The third-order valence-corrected chi connectivity index (χ3v) is 6.32. The van der Waals surface area contributed by atoms with Gasteiger partial charge in [0, 0.05) is 12.1 Å². The Kier molecular flexibility index (Phi) is 6.14. The molecule has 0 aliphatic heterocycles. The van der Waals surface area contributed by atoms with Gasteiger partial charge in [0.15, 0.2) is 0 Å². The molecule has 1 saturated carbocycles. The van der Waals surface area contributed by atoms with Crippen LogP contribution in [0.1, 0.15) is 66.1 Å². The van der Waals surface area contributed by atoms with Gasteiger partial charge < -0.3 is 10.1 Å². The van der Waals surface area contributed by atoms with Gasteiger partial charge in [-0.2, -0.15) is 0 Å². The van der Waals surface area contributed by atoms with Crippen LogP contribution in [0.15, 0.2) is 60.7 Å². The zero-order valence-electron chi connectivity index (χ0n) is 17.5. The van der Waals surface area contributed by atoms with E-state index < -0.39 is 11.8 Å². The van der Waals surface area contributed by atoms with Crippen LogP contribution in [0.2, 0.25) is 0 Å². The van der Waals surface area contributed by atoms with Crippen molar-refractivity contribution in [1.29, 1.82) is 0 Å². The Hall–Kier alpha value is -2.72. The van der Waals surface area contributed by atoms with Gasteiger partial charge >= 0.3 is 5.97 Å². The first-order chi connectivity index (χ1) is 14.6. The first kappa shape index (κ1) is 20.5. The number of fused-ring (bicyclic) bond motifs is 1. The second kappa shape index (κ2) is 8.97. The molecule has 0 radical (unpaired) electrons. The summed E-state index contributed by atoms with van der Waals surface area (Å²) in [6.07, 6.45) is 4.23. The van der Waals surface area contributed by atoms with E-state index in [4.69, 9.17) is 0 Å². The van der Waals surface area contributed by atoms with Gasteiger partial charge in [0.2, 0.25) is 0 Å². The monoisotopic (exact) mass is 405 g/mol. The van der Waals surface area contributed by atoms with Crippen molar-refractivity contribution in [1.82, 2.24) is 5.32 Å². The van der Waals surface area contributed by atoms with Crippen LogP contribution in [0.3, 0.4) is 0 Å². The number of esters is 1. The molecular formula is C26H28FNO2. The third kappa shape index (κ3) is 4.24. The minimum Gasteiger partial charge on any atom is -0.465 e. The van der Waals surface area contributed by atoms with Gasteiger partial charge in [-0.05, 0) is 66.1 Å². The van der Waals surface area contributed by atoms with Crippen LogP contribution < -0.4 is 5.32 Å². The Morgan fingerprint density at radius 2 is 1.90 bits per heavy atom. The summed E-state index contributed by atoms with van der Waals surface area (Å²) in [5.74, 6) is -0.845. The Balaban J connectivity index is 1.48. The van der Waals surface area contributed by atoms with Crippen LogP contribution in [0.5, 0.6) is 0 Å². The quantitative estimate of drug-likeness (QED) is 0.518. The molecule has 0 saturated heterocycles. The first-order valence-electron chi connectivity index (χ1n) is 10.7. The molecule has 0 aromatic heterocycles. The van der Waals surface area contributed by atoms with E-state index in [9.17, 15) is 9.18 Å². The van der Waals surface area contributed by atoms with Crippen LogP contribution >= 0.6 is 0 Å². The SMILES string of the molecule is COC(=O)c1ccc(C2CCCC(N[C@H](C)c3cccc4ccccc34)C2)cc1F. The number of nitrogens with one attached hydrogen (secondary N) is 1. The fraction of sp³-hybridized carbons (Fsp3) is 0.346. The molecule has 2 unspecified atom stereocenters. The van der Waals surface area contributed by atoms with Crippen molar-refractivity contribution in [2.45, 2.75) is 50.6 Å². The zero-order valence-corrected chi connectivity index (χ0v) is 17.5. The average molecular weight is 406 g/mol. The highest BCUT2D eigenvalue weighted by Gasteiger charge is 2.26. The second-order valence-electron chi connectivity index (χ2n) is 8.25. The molecule has 3 atom stereocenters. The summed E-state index contributed by atoms with van der Waals surface area (Å²) >= 11 is 0. The molecule has 0 amide bonds. The molecule has 3 aromatic rings. The highest BCUT2D eigenvalue weighted by atomic mass is 19.1. The van der Waals surface area contributed by atoms with Crippen molar-refractivity contribution in [3.05, 3.63) is 83.2 Å². The molecule has 0 bridgehead atoms. The van der Waals surface area contributed by atoms with Gasteiger partial charge in [-0.15, -0.1) is 0 Å². The predicted octanol–water partition coefficient (Wildman–Crippen LogP) is 6.14. The Bertz CT molecular complexity index is 1040. The molecule has 4 rings (SSSR count). The van der Waals surface area contributed by atoms with Crippen molar-refractivity contribution >= 4 is 16.7 Å². The van der Waals surface area contributed by atoms with E-state index in [1.807, 2.05) is 6.07 Å². The number of hydrogen-bond donors (Lipinski definition) is 1. The normalized spacial score (nSPS) is 20.1. The van der Waals surface area contributed by atoms with Gasteiger partial charge in [-0.3, -0.25) is 0 Å². The van der Waals surface area contributed by atoms with Crippen molar-refractivity contribution in [3.63, 3.8) is 0 Å². The van der Waals surface area contributed by atoms with Crippen molar-refractivity contribution in [3.8, 4) is 0 Å². The molecule has 1 aliphatic rings. The highest BCUT2D eigenvalue weighted by molar-refractivity contribution is 5.89. The van der Waals surface area contributed by atoms with E-state index in [1.54, 1.807) is 6.07 Å². The lowest BCUT2D eigenvalue weighted by molar-refractivity contribution is 0.0595. The summed E-state index contributed by atoms with van der Waals surface area (Å²) in [6, 6.07) is 20.5. The maximum atomic E-state index is 14.4. The van der Waals surface area contributed by atoms with Crippen molar-refractivity contribution < 1.29 is 13.9 Å². The summed E-state index contributed by atoms with van der Waals surface area (Å²) in [5, 5.41) is 6.35. The maximum Gasteiger partial charge on any atom is 0.340 e. The summed E-state index contributed by atoms with van der Waals surface area (Å²) in [7, 11) is 1.27. The molecule has 4 heteroatoms. The van der Waals surface area contributed by atoms with E-state index in [0.29, 0.717) is 6.04 Å². The van der Waals surface area contributed by atoms with Gasteiger partial charge in [0.25, 0.3) is 0 Å². The first-order valence-corrected chi connectivity index (χ1v) is 10.7. The van der Waals surface area contributed by atoms with Gasteiger partial charge in [-0.1, -0.05) is 55.0 Å². The number of carbonyl (C=O) groups is 1. The molecule has 3 aromatic carbocycles. The molecule has 0 spiro atoms. The lowest BCUT2D eigenvalue weighted by Gasteiger charge is -2.32. The molecule has 30 heavy (non-hydrogen) atoms. The number of hydrogen-bond acceptors (Lipinski definition) is 3. The molecular weight excluding hydrogens is 377 g/mol. The van der Waals surface area contributed by atoms with Gasteiger partial charge in [0.05, 0.1) is 12.7 Å². The molecule has 1 fully saturated rings. The molecule has 1 aliphatic carbocycles. The molecule has 0 heterocycles. The molecule has 156 valence electrons. The summed E-state index contributed by atoms with van der Waals surface area (Å²) < 4.78 is 19.0. The summed E-state index contributed by atoms with van der Waals surface area (Å²) in [5.41, 5.74) is 2.27. The molecule has 3 nitrogen and oxygen atoms in total. The van der Waals surface area contributed by atoms with Crippen molar-refractivity contribution in [2.75, 3.05) is 7.11 Å². The van der Waals surface area contributed by atoms with E-state index in [2.05, 4.69) is 59.4 Å². The number of ether oxygens (including phenoxy) is 1. The topological polar surface area (TPSA) is 38.3 Å². The summed E-state index contributed by atoms with van der Waals surface area (Å²) in [4.78, 5) is 11.7. The number of methoxy groups -OCH3 is 1. The number of carbonyl (C=O) groups excluding carboxylic acids is 1. The van der Waals surface area contributed by atoms with Crippen LogP contribution in [0, 0.1) is 5.82 Å². The van der Waals surface area contributed by atoms with Crippen LogP contribution in [0.4, 0.5) is 4.39 Å². The van der Waals surface area contributed by atoms with Crippen LogP contribution in [-0.4, -0.2) is 19.1 Å². The van der Waals surface area contributed by atoms with E-state index in [-0.39, 0.29) is 17.5 Å². The van der Waals surface area contributed by atoms with Crippen LogP contribution in [0.25, 0.3) is 10.8 Å². The number of benzene rings is 3. The average Bonchev–Trinajstić information content (AvgIpc) is 2.78. The third-order valence-electron chi connectivity index (χ3n) is 6.32. The smallest absolute Gasteiger partial charge is 0.340 e. The summed E-state index contributed by atoms with van der Waals surface area (Å²) in [6.45, 7) is 2.22. The predicted molar refractivity (Wildman–Crippen MR) is 118 cm³/mol. The van der Waals surface area contributed by atoms with Crippen LogP contribution in [-0.2, 0) is 4.74 Å². The number of halogens is 1. The minimum atomic E-state index is -0.633. The largest absolute Gasteiger partial charge is 0.465 e. The lowest BCUT2D eigenvalue weighted by Crippen LogP contribution is -2.35.